The number of hydrogen-bond donors (Lipinski definition) is 2. The number of nitrogens with two attached hydrogens (primary N) is 1. The quantitative estimate of drug-likeness (QED) is 0.171. The molecule has 74 valence electrons. The molecule has 0 saturated heterocycles. The molecular weight excluding hydrogens is 272 g/mol. The van der Waals surface area contributed by atoms with Gasteiger partial charge in [0.2, 0.25) is 5.91 Å². The van der Waals surface area contributed by atoms with Gasteiger partial charge in [0.25, 0.3) is 0 Å². The van der Waals surface area contributed by atoms with Gasteiger partial charge in [0.1, 0.15) is 0 Å². The minimum Gasteiger partial charge on any atom is -0.827 e. The van der Waals surface area contributed by atoms with Crippen molar-refractivity contribution < 1.29 is 108 Å². The molecule has 3 N–H and O–H groups in total. The molecule has 0 bridgehead atoms. The summed E-state index contributed by atoms with van der Waals surface area (Å²) in [6.07, 6.45) is 0. The van der Waals surface area contributed by atoms with Crippen molar-refractivity contribution in [2.24, 2.45) is 5.73 Å². The Morgan fingerprint density at radius 2 is 1.80 bits per heavy atom. The number of thiol groups is 1. The molecule has 0 fully saturated rings. The van der Waals surface area contributed by atoms with Crippen molar-refractivity contribution in [1.82, 2.24) is 5.32 Å². The molecule has 0 aliphatic carbocycles. The Hall–Kier alpha value is 2.93. The molecule has 11 heteroatoms. The minimum absolute atomic E-state index is 0. The molecule has 0 aromatic heterocycles. The van der Waals surface area contributed by atoms with Gasteiger partial charge in [-0.2, -0.15) is 6.80 Å². The molecular formula is C4H10N2Na3O4PS. The molecule has 0 aromatic carbocycles. The van der Waals surface area contributed by atoms with Gasteiger partial charge in [0.05, 0.1) is 6.54 Å². The maximum atomic E-state index is 10.5. The van der Waals surface area contributed by atoms with Crippen LogP contribution < -0.4 is 110 Å². The molecule has 0 aliphatic rings. The van der Waals surface area contributed by atoms with Crippen LogP contribution in [0.3, 0.4) is 0 Å². The van der Waals surface area contributed by atoms with E-state index in [9.17, 15) is 19.1 Å². The number of amides is 1. The summed E-state index contributed by atoms with van der Waals surface area (Å²) in [5.41, 5.74) is 4.95. The Labute approximate surface area is 159 Å². The third kappa shape index (κ3) is 22.6. The average molecular weight is 282 g/mol. The van der Waals surface area contributed by atoms with Crippen LogP contribution in [0.4, 0.5) is 0 Å². The Balaban J connectivity index is -0.000000202. The predicted octanol–water partition coefficient (Wildman–Crippen LogP) is -12.3. The number of hydrogen-bond acceptors (Lipinski definition) is 6. The maximum Gasteiger partial charge on any atom is 1.00 e. The van der Waals surface area contributed by atoms with Gasteiger partial charge in [0.15, 0.2) is 0 Å². The van der Waals surface area contributed by atoms with Crippen LogP contribution in [0.2, 0.25) is 0 Å². The fourth-order valence-corrected chi connectivity index (χ4v) is 1.93. The van der Waals surface area contributed by atoms with Gasteiger partial charge in [-0.05, 0) is 6.54 Å². The van der Waals surface area contributed by atoms with E-state index >= 15 is 0 Å². The minimum atomic E-state index is -4.44. The van der Waals surface area contributed by atoms with Crippen LogP contribution in [0.1, 0.15) is 0 Å². The number of rotatable bonds is 5. The van der Waals surface area contributed by atoms with Crippen molar-refractivity contribution in [2.75, 3.05) is 18.8 Å². The molecule has 0 heterocycles. The van der Waals surface area contributed by atoms with Crippen LogP contribution in [0.25, 0.3) is 0 Å². The predicted molar refractivity (Wildman–Crippen MR) is 43.3 cm³/mol. The molecule has 0 aromatic rings. The van der Waals surface area contributed by atoms with Crippen molar-refractivity contribution in [2.45, 2.75) is 0 Å². The first-order valence-electron chi connectivity index (χ1n) is 3.13. The second-order valence-corrected chi connectivity index (χ2v) is 5.87. The third-order valence-corrected chi connectivity index (χ3v) is 3.30. The summed E-state index contributed by atoms with van der Waals surface area (Å²) in [5, 5.41) is 2.34. The van der Waals surface area contributed by atoms with E-state index in [0.717, 1.165) is 0 Å². The zero-order chi connectivity index (χ0) is 9.61. The van der Waals surface area contributed by atoms with Crippen LogP contribution in [0.5, 0.6) is 0 Å². The maximum absolute atomic E-state index is 10.5. The second kappa shape index (κ2) is 15.0. The summed E-state index contributed by atoms with van der Waals surface area (Å²) in [4.78, 5) is 30.6. The Morgan fingerprint density at radius 3 is 2.13 bits per heavy atom. The first-order valence-corrected chi connectivity index (χ1v) is 6.46. The number of nitrogens with one attached hydrogen (secondary N) is 1. The molecule has 0 rings (SSSR count). The zero-order valence-electron chi connectivity index (χ0n) is 9.23. The van der Waals surface area contributed by atoms with Gasteiger partial charge in [-0.3, -0.25) is 4.79 Å². The van der Waals surface area contributed by atoms with E-state index in [1.165, 1.54) is 0 Å². The molecule has 0 unspecified atom stereocenters. The van der Waals surface area contributed by atoms with Crippen LogP contribution in [-0.2, 0) is 20.7 Å². The van der Waals surface area contributed by atoms with Crippen LogP contribution in [-0.4, -0.2) is 24.7 Å². The molecule has 6 nitrogen and oxygen atoms in total. The fraction of sp³-hybridized carbons (Fsp3) is 0.750. The normalized spacial score (nSPS) is 9.27. The largest absolute Gasteiger partial charge is 1.00 e. The van der Waals surface area contributed by atoms with Crippen LogP contribution in [0.15, 0.2) is 0 Å². The van der Waals surface area contributed by atoms with Gasteiger partial charge >= 0.3 is 88.7 Å². The van der Waals surface area contributed by atoms with E-state index in [2.05, 4.69) is 5.32 Å². The monoisotopic (exact) mass is 282 g/mol. The van der Waals surface area contributed by atoms with Crippen LogP contribution >= 0.6 is 6.80 Å². The Bertz CT molecular complexity index is 204. The summed E-state index contributed by atoms with van der Waals surface area (Å²) >= 11 is -0.197. The smallest absolute Gasteiger partial charge is 0.827 e. The van der Waals surface area contributed by atoms with Gasteiger partial charge in [-0.25, -0.2) is 0 Å². The summed E-state index contributed by atoms with van der Waals surface area (Å²) in [5.74, 6) is -0.257. The molecule has 15 heavy (non-hydrogen) atoms. The van der Waals surface area contributed by atoms with E-state index in [0.29, 0.717) is 0 Å². The molecule has 1 amide bonds. The SMILES string of the molecule is NCC(=O)NCC[SH-]P(=O)([O-])[O-].[Na+].[Na+].[Na+]. The van der Waals surface area contributed by atoms with Gasteiger partial charge < -0.3 is 36.8 Å². The van der Waals surface area contributed by atoms with E-state index < -0.39 is 6.80 Å². The zero-order valence-corrected chi connectivity index (χ0v) is 17.0. The van der Waals surface area contributed by atoms with Gasteiger partial charge in [-0.1, -0.05) is 0 Å². The van der Waals surface area contributed by atoms with Crippen molar-refractivity contribution >= 4 is 24.1 Å². The van der Waals surface area contributed by atoms with Crippen LogP contribution in [0, 0.1) is 0 Å². The van der Waals surface area contributed by atoms with Crippen molar-refractivity contribution in [3.8, 4) is 0 Å². The number of carbonyl (C=O) groups is 1. The molecule has 0 saturated carbocycles. The standard InChI is InChI=1S/C4H12N2O4PS.3Na/c5-3-4(7)6-1-2-12-11(8,9)10;;;/h12H,1-3,5H2,(H,6,7)(H2,8,9,10);;;/q-1;3*+1/p-2. The van der Waals surface area contributed by atoms with E-state index in [1.807, 2.05) is 0 Å². The third-order valence-electron chi connectivity index (χ3n) is 0.893. The first kappa shape index (κ1) is 26.5. The van der Waals surface area contributed by atoms with Gasteiger partial charge in [-0.15, -0.1) is 5.75 Å². The fourth-order valence-electron chi connectivity index (χ4n) is 0.440. The Kier molecular flexibility index (Phi) is 26.5. The summed E-state index contributed by atoms with van der Waals surface area (Å²) in [7, 11) is 0. The van der Waals surface area contributed by atoms with Crippen molar-refractivity contribution in [1.29, 1.82) is 0 Å². The van der Waals surface area contributed by atoms with Gasteiger partial charge in [0, 0.05) is 0 Å². The summed E-state index contributed by atoms with van der Waals surface area (Å²) in [6.45, 7) is -4.42. The van der Waals surface area contributed by atoms with Crippen molar-refractivity contribution in [3.05, 3.63) is 0 Å². The molecule has 0 aliphatic heterocycles. The first-order chi connectivity index (χ1) is 5.45. The Morgan fingerprint density at radius 1 is 1.33 bits per heavy atom. The van der Waals surface area contributed by atoms with E-state index in [-0.39, 0.29) is 125 Å². The van der Waals surface area contributed by atoms with Crippen molar-refractivity contribution in [3.63, 3.8) is 0 Å². The molecule has 0 atom stereocenters. The molecule has 0 spiro atoms. The summed E-state index contributed by atoms with van der Waals surface area (Å²) < 4.78 is 10.1. The number of carbonyl (C=O) groups excluding carboxylic acids is 1. The summed E-state index contributed by atoms with van der Waals surface area (Å²) in [6, 6.07) is 0. The molecule has 0 radical (unpaired) electrons. The topological polar surface area (TPSA) is 118 Å². The second-order valence-electron chi connectivity index (χ2n) is 1.89. The van der Waals surface area contributed by atoms with E-state index in [1.54, 1.807) is 0 Å². The van der Waals surface area contributed by atoms with E-state index in [4.69, 9.17) is 5.73 Å². The average Bonchev–Trinajstić information content (AvgIpc) is 1.96.